The molecule has 2 aromatic heterocycles. The highest BCUT2D eigenvalue weighted by atomic mass is 32.2. The molecule has 0 aromatic carbocycles. The van der Waals surface area contributed by atoms with Gasteiger partial charge in [0.2, 0.25) is 0 Å². The Kier molecular flexibility index (Phi) is 4.11. The van der Waals surface area contributed by atoms with Gasteiger partial charge in [0.1, 0.15) is 5.82 Å². The minimum atomic E-state index is -3.75. The van der Waals surface area contributed by atoms with Gasteiger partial charge < -0.3 is 9.67 Å². The summed E-state index contributed by atoms with van der Waals surface area (Å²) in [5.41, 5.74) is 0.433. The Hall–Kier alpha value is -1.45. The molecule has 9 heteroatoms. The van der Waals surface area contributed by atoms with Crippen molar-refractivity contribution in [2.45, 2.75) is 38.4 Å². The van der Waals surface area contributed by atoms with Crippen LogP contribution in [0.25, 0.3) is 0 Å². The molecule has 7 nitrogen and oxygen atoms in total. The van der Waals surface area contributed by atoms with E-state index in [1.807, 2.05) is 6.92 Å². The monoisotopic (exact) mass is 316 g/mol. The van der Waals surface area contributed by atoms with Crippen LogP contribution in [0.2, 0.25) is 0 Å². The molecule has 0 aliphatic carbocycles. The smallest absolute Gasteiger partial charge is 0.282 e. The molecule has 0 aliphatic heterocycles. The first-order chi connectivity index (χ1) is 9.33. The summed E-state index contributed by atoms with van der Waals surface area (Å²) in [6.07, 6.45) is 0.756. The van der Waals surface area contributed by atoms with Gasteiger partial charge in [0, 0.05) is 18.1 Å². The van der Waals surface area contributed by atoms with Crippen molar-refractivity contribution < 1.29 is 13.5 Å². The number of sulfonamides is 1. The zero-order valence-corrected chi connectivity index (χ0v) is 13.0. The van der Waals surface area contributed by atoms with Crippen molar-refractivity contribution >= 4 is 26.5 Å². The molecule has 0 fully saturated rings. The van der Waals surface area contributed by atoms with Crippen LogP contribution < -0.4 is 4.72 Å². The molecule has 2 heterocycles. The number of nitrogens with one attached hydrogen (secondary N) is 1. The molecule has 0 bridgehead atoms. The van der Waals surface area contributed by atoms with Crippen LogP contribution in [0.5, 0.6) is 0 Å². The van der Waals surface area contributed by atoms with Crippen LogP contribution in [0.3, 0.4) is 0 Å². The zero-order chi connectivity index (χ0) is 14.9. The van der Waals surface area contributed by atoms with Crippen molar-refractivity contribution in [1.29, 1.82) is 0 Å². The number of hydrogen-bond acceptors (Lipinski definition) is 6. The molecule has 110 valence electrons. The number of anilines is 1. The van der Waals surface area contributed by atoms with Crippen molar-refractivity contribution in [3.05, 3.63) is 23.1 Å². The largest absolute Gasteiger partial charge is 0.387 e. The topological polar surface area (TPSA) is 97.1 Å². The maximum absolute atomic E-state index is 12.2. The number of nitrogens with zero attached hydrogens (tertiary/aromatic N) is 3. The van der Waals surface area contributed by atoms with E-state index in [2.05, 4.69) is 14.7 Å². The SMILES string of the molecule is CCn1cc(S(=O)(=O)Nc2nc(C(C)O)cs2)nc1C. The third kappa shape index (κ3) is 3.00. The second-order valence-corrected chi connectivity index (χ2v) is 6.76. The second-order valence-electron chi connectivity index (χ2n) is 4.27. The number of aliphatic hydroxyl groups is 1. The standard InChI is InChI=1S/C11H16N4O3S2/c1-4-15-5-10(12-8(15)3)20(17,18)14-11-13-9(6-19-11)7(2)16/h5-7,16H,4H2,1-3H3,(H,13,14). The van der Waals surface area contributed by atoms with E-state index in [0.29, 0.717) is 18.1 Å². The van der Waals surface area contributed by atoms with Crippen molar-refractivity contribution in [1.82, 2.24) is 14.5 Å². The highest BCUT2D eigenvalue weighted by Gasteiger charge is 2.21. The lowest BCUT2D eigenvalue weighted by Crippen LogP contribution is -2.13. The number of aliphatic hydroxyl groups excluding tert-OH is 1. The average molecular weight is 316 g/mol. The Balaban J connectivity index is 2.25. The van der Waals surface area contributed by atoms with Gasteiger partial charge in [-0.3, -0.25) is 4.72 Å². The van der Waals surface area contributed by atoms with Gasteiger partial charge in [0.15, 0.2) is 10.2 Å². The van der Waals surface area contributed by atoms with Crippen LogP contribution in [0.1, 0.15) is 31.5 Å². The molecule has 0 saturated heterocycles. The van der Waals surface area contributed by atoms with Crippen LogP contribution in [0.4, 0.5) is 5.13 Å². The third-order valence-corrected chi connectivity index (χ3v) is 4.86. The molecular formula is C11H16N4O3S2. The summed E-state index contributed by atoms with van der Waals surface area (Å²) in [5.74, 6) is 0.636. The van der Waals surface area contributed by atoms with Crippen LogP contribution in [-0.2, 0) is 16.6 Å². The lowest BCUT2D eigenvalue weighted by Gasteiger charge is -2.01. The van der Waals surface area contributed by atoms with Crippen molar-refractivity contribution in [3.63, 3.8) is 0 Å². The maximum Gasteiger partial charge on any atom is 0.282 e. The van der Waals surface area contributed by atoms with E-state index >= 15 is 0 Å². The fraction of sp³-hybridized carbons (Fsp3) is 0.455. The van der Waals surface area contributed by atoms with Crippen molar-refractivity contribution in [2.75, 3.05) is 4.72 Å². The minimum absolute atomic E-state index is 0.0364. The van der Waals surface area contributed by atoms with Gasteiger partial charge >= 0.3 is 0 Å². The van der Waals surface area contributed by atoms with E-state index < -0.39 is 16.1 Å². The predicted molar refractivity (Wildman–Crippen MR) is 76.2 cm³/mol. The molecule has 20 heavy (non-hydrogen) atoms. The van der Waals surface area contributed by atoms with Gasteiger partial charge in [-0.15, -0.1) is 11.3 Å². The summed E-state index contributed by atoms with van der Waals surface area (Å²) < 4.78 is 28.5. The minimum Gasteiger partial charge on any atom is -0.387 e. The summed E-state index contributed by atoms with van der Waals surface area (Å²) >= 11 is 1.12. The van der Waals surface area contributed by atoms with Gasteiger partial charge in [-0.05, 0) is 20.8 Å². The number of aromatic nitrogens is 3. The third-order valence-electron chi connectivity index (χ3n) is 2.74. The van der Waals surface area contributed by atoms with E-state index in [1.54, 1.807) is 23.8 Å². The molecule has 2 aromatic rings. The summed E-state index contributed by atoms with van der Waals surface area (Å²) in [7, 11) is -3.75. The van der Waals surface area contributed by atoms with Gasteiger partial charge in [-0.2, -0.15) is 8.42 Å². The highest BCUT2D eigenvalue weighted by molar-refractivity contribution is 7.92. The quantitative estimate of drug-likeness (QED) is 0.871. The average Bonchev–Trinajstić information content (AvgIpc) is 2.95. The van der Waals surface area contributed by atoms with Gasteiger partial charge in [0.25, 0.3) is 10.0 Å². The number of hydrogen-bond donors (Lipinski definition) is 2. The fourth-order valence-electron chi connectivity index (χ4n) is 1.62. The van der Waals surface area contributed by atoms with Crippen LogP contribution in [0.15, 0.2) is 16.6 Å². The first kappa shape index (κ1) is 14.9. The molecule has 0 spiro atoms. The van der Waals surface area contributed by atoms with Gasteiger partial charge in [-0.1, -0.05) is 0 Å². The molecule has 0 radical (unpaired) electrons. The molecule has 2 N–H and O–H groups in total. The molecular weight excluding hydrogens is 300 g/mol. The van der Waals surface area contributed by atoms with Crippen LogP contribution in [-0.4, -0.2) is 28.1 Å². The van der Waals surface area contributed by atoms with Crippen molar-refractivity contribution in [3.8, 4) is 0 Å². The molecule has 2 rings (SSSR count). The number of imidazole rings is 1. The van der Waals surface area contributed by atoms with Gasteiger partial charge in [-0.25, -0.2) is 9.97 Å². The van der Waals surface area contributed by atoms with Crippen LogP contribution >= 0.6 is 11.3 Å². The highest BCUT2D eigenvalue weighted by Crippen LogP contribution is 2.23. The molecule has 1 unspecified atom stereocenters. The van der Waals surface area contributed by atoms with Gasteiger partial charge in [0.05, 0.1) is 11.8 Å². The van der Waals surface area contributed by atoms with E-state index in [9.17, 15) is 13.5 Å². The molecule has 1 atom stereocenters. The number of aryl methyl sites for hydroxylation is 2. The Bertz CT molecular complexity index is 703. The summed E-state index contributed by atoms with van der Waals surface area (Å²) in [4.78, 5) is 8.04. The molecule has 0 aliphatic rings. The molecule has 0 saturated carbocycles. The Morgan fingerprint density at radius 2 is 2.20 bits per heavy atom. The normalized spacial score (nSPS) is 13.4. The fourth-order valence-corrected chi connectivity index (χ4v) is 3.68. The number of rotatable bonds is 5. The lowest BCUT2D eigenvalue weighted by molar-refractivity contribution is 0.195. The summed E-state index contributed by atoms with van der Waals surface area (Å²) in [6.45, 7) is 5.88. The lowest BCUT2D eigenvalue weighted by atomic mass is 10.3. The predicted octanol–water partition coefficient (Wildman–Crippen LogP) is 1.52. The van der Waals surface area contributed by atoms with E-state index in [1.165, 1.54) is 6.20 Å². The Labute approximate surface area is 121 Å². The van der Waals surface area contributed by atoms with E-state index in [-0.39, 0.29) is 10.2 Å². The second kappa shape index (κ2) is 5.51. The first-order valence-electron chi connectivity index (χ1n) is 6.03. The van der Waals surface area contributed by atoms with Crippen molar-refractivity contribution in [2.24, 2.45) is 0 Å². The van der Waals surface area contributed by atoms with Crippen LogP contribution in [0, 0.1) is 6.92 Å². The number of thiazole rings is 1. The van der Waals surface area contributed by atoms with E-state index in [0.717, 1.165) is 11.3 Å². The Morgan fingerprint density at radius 3 is 2.70 bits per heavy atom. The zero-order valence-electron chi connectivity index (χ0n) is 11.4. The summed E-state index contributed by atoms with van der Waals surface area (Å²) in [6, 6.07) is 0. The summed E-state index contributed by atoms with van der Waals surface area (Å²) in [5, 5.41) is 11.2. The first-order valence-corrected chi connectivity index (χ1v) is 8.40. The van der Waals surface area contributed by atoms with E-state index in [4.69, 9.17) is 0 Å². The Morgan fingerprint density at radius 1 is 1.50 bits per heavy atom. The molecule has 0 amide bonds. The maximum atomic E-state index is 12.2.